The number of hydrogen-bond acceptors (Lipinski definition) is 1. The molecule has 1 aliphatic carbocycles. The highest BCUT2D eigenvalue weighted by molar-refractivity contribution is 5.32. The van der Waals surface area contributed by atoms with Gasteiger partial charge in [0.25, 0.3) is 0 Å². The average molecular weight is 218 g/mol. The van der Waals surface area contributed by atoms with Crippen LogP contribution in [-0.2, 0) is 11.2 Å². The van der Waals surface area contributed by atoms with Crippen LogP contribution in [0.4, 0.5) is 0 Å². The van der Waals surface area contributed by atoms with Gasteiger partial charge in [0.1, 0.15) is 0 Å². The highest BCUT2D eigenvalue weighted by atomic mass is 16.5. The van der Waals surface area contributed by atoms with Crippen LogP contribution < -0.4 is 0 Å². The summed E-state index contributed by atoms with van der Waals surface area (Å²) in [4.78, 5) is 0. The third-order valence-electron chi connectivity index (χ3n) is 3.45. The van der Waals surface area contributed by atoms with Crippen molar-refractivity contribution in [2.45, 2.75) is 44.9 Å². The maximum absolute atomic E-state index is 5.77. The third kappa shape index (κ3) is 2.85. The molecule has 0 N–H and O–H groups in total. The molecule has 1 unspecified atom stereocenters. The largest absolute Gasteiger partial charge is 0.381 e. The van der Waals surface area contributed by atoms with Gasteiger partial charge in [-0.15, -0.1) is 0 Å². The van der Waals surface area contributed by atoms with Crippen LogP contribution in [0.1, 0.15) is 49.7 Å². The Morgan fingerprint density at radius 1 is 1.31 bits per heavy atom. The Balaban J connectivity index is 1.91. The number of unbranched alkanes of at least 4 members (excludes halogenated alkanes) is 1. The molecule has 0 fully saturated rings. The Morgan fingerprint density at radius 3 is 3.06 bits per heavy atom. The van der Waals surface area contributed by atoms with E-state index in [4.69, 9.17) is 4.74 Å². The van der Waals surface area contributed by atoms with Crippen molar-refractivity contribution in [1.82, 2.24) is 0 Å². The first-order valence-corrected chi connectivity index (χ1v) is 6.57. The van der Waals surface area contributed by atoms with E-state index in [-0.39, 0.29) is 0 Å². The fourth-order valence-electron chi connectivity index (χ4n) is 2.50. The molecule has 88 valence electrons. The summed E-state index contributed by atoms with van der Waals surface area (Å²) in [7, 11) is 0. The van der Waals surface area contributed by atoms with E-state index in [0.717, 1.165) is 13.2 Å². The highest BCUT2D eigenvalue weighted by Crippen LogP contribution is 2.31. The third-order valence-corrected chi connectivity index (χ3v) is 3.45. The lowest BCUT2D eigenvalue weighted by atomic mass is 9.83. The van der Waals surface area contributed by atoms with Crippen molar-refractivity contribution in [2.75, 3.05) is 13.2 Å². The van der Waals surface area contributed by atoms with Crippen LogP contribution in [0.2, 0.25) is 0 Å². The lowest BCUT2D eigenvalue weighted by molar-refractivity contribution is 0.113. The standard InChI is InChI=1S/C15H22O/c1-2-3-11-16-12-14-9-6-8-13-7-4-5-10-15(13)14/h4-5,7,10,14H,2-3,6,8-9,11-12H2,1H3. The predicted molar refractivity (Wildman–Crippen MR) is 67.8 cm³/mol. The van der Waals surface area contributed by atoms with Crippen LogP contribution in [0.5, 0.6) is 0 Å². The summed E-state index contributed by atoms with van der Waals surface area (Å²) < 4.78 is 5.77. The number of hydrogen-bond donors (Lipinski definition) is 0. The molecule has 0 aliphatic heterocycles. The van der Waals surface area contributed by atoms with E-state index in [9.17, 15) is 0 Å². The molecule has 0 aromatic heterocycles. The predicted octanol–water partition coefficient (Wildman–Crippen LogP) is 3.92. The molecule has 2 rings (SSSR count). The lowest BCUT2D eigenvalue weighted by Crippen LogP contribution is -2.15. The van der Waals surface area contributed by atoms with E-state index in [0.29, 0.717) is 5.92 Å². The Hall–Kier alpha value is -0.820. The maximum atomic E-state index is 5.77. The molecule has 16 heavy (non-hydrogen) atoms. The summed E-state index contributed by atoms with van der Waals surface area (Å²) in [6.07, 6.45) is 6.28. The number of ether oxygens (including phenoxy) is 1. The zero-order valence-electron chi connectivity index (χ0n) is 10.2. The van der Waals surface area contributed by atoms with Crippen molar-refractivity contribution in [1.29, 1.82) is 0 Å². The van der Waals surface area contributed by atoms with Crippen molar-refractivity contribution < 1.29 is 4.74 Å². The Labute approximate surface area is 98.8 Å². The molecule has 1 aromatic carbocycles. The minimum absolute atomic E-state index is 0.641. The van der Waals surface area contributed by atoms with Crippen LogP contribution in [-0.4, -0.2) is 13.2 Å². The maximum Gasteiger partial charge on any atom is 0.0534 e. The smallest absolute Gasteiger partial charge is 0.0534 e. The SMILES string of the molecule is CCCCOCC1CCCc2ccccc21. The Bertz CT molecular complexity index is 319. The van der Waals surface area contributed by atoms with E-state index in [1.807, 2.05) is 0 Å². The highest BCUT2D eigenvalue weighted by Gasteiger charge is 2.19. The van der Waals surface area contributed by atoms with Gasteiger partial charge in [-0.3, -0.25) is 0 Å². The van der Waals surface area contributed by atoms with E-state index in [1.165, 1.54) is 43.2 Å². The molecule has 0 bridgehead atoms. The molecule has 0 spiro atoms. The van der Waals surface area contributed by atoms with Gasteiger partial charge in [0.05, 0.1) is 6.61 Å². The van der Waals surface area contributed by atoms with Gasteiger partial charge in [0, 0.05) is 12.5 Å². The van der Waals surface area contributed by atoms with Gasteiger partial charge in [-0.2, -0.15) is 0 Å². The summed E-state index contributed by atoms with van der Waals surface area (Å²) in [6.45, 7) is 4.05. The number of aryl methyl sites for hydroxylation is 1. The molecule has 1 nitrogen and oxygen atoms in total. The number of rotatable bonds is 5. The summed E-state index contributed by atoms with van der Waals surface area (Å²) in [5.74, 6) is 0.641. The van der Waals surface area contributed by atoms with E-state index >= 15 is 0 Å². The lowest BCUT2D eigenvalue weighted by Gasteiger charge is -2.25. The molecule has 1 aromatic rings. The topological polar surface area (TPSA) is 9.23 Å². The van der Waals surface area contributed by atoms with Gasteiger partial charge >= 0.3 is 0 Å². The van der Waals surface area contributed by atoms with Gasteiger partial charge in [-0.1, -0.05) is 37.6 Å². The van der Waals surface area contributed by atoms with Gasteiger partial charge in [-0.05, 0) is 36.8 Å². The van der Waals surface area contributed by atoms with Crippen molar-refractivity contribution in [3.63, 3.8) is 0 Å². The molecule has 1 atom stereocenters. The number of fused-ring (bicyclic) bond motifs is 1. The first-order valence-electron chi connectivity index (χ1n) is 6.57. The van der Waals surface area contributed by atoms with Crippen LogP contribution in [0.3, 0.4) is 0 Å². The molecule has 0 saturated carbocycles. The van der Waals surface area contributed by atoms with Crippen LogP contribution >= 0.6 is 0 Å². The minimum atomic E-state index is 0.641. The van der Waals surface area contributed by atoms with E-state index in [1.54, 1.807) is 0 Å². The van der Waals surface area contributed by atoms with Gasteiger partial charge < -0.3 is 4.74 Å². The van der Waals surface area contributed by atoms with Crippen molar-refractivity contribution >= 4 is 0 Å². The molecule has 1 heteroatoms. The Morgan fingerprint density at radius 2 is 2.19 bits per heavy atom. The molecular weight excluding hydrogens is 196 g/mol. The van der Waals surface area contributed by atoms with Gasteiger partial charge in [-0.25, -0.2) is 0 Å². The second kappa shape index (κ2) is 6.05. The first kappa shape index (κ1) is 11.7. The normalized spacial score (nSPS) is 19.4. The molecule has 0 heterocycles. The van der Waals surface area contributed by atoms with Gasteiger partial charge in [0.2, 0.25) is 0 Å². The first-order chi connectivity index (χ1) is 7.92. The molecule has 0 amide bonds. The van der Waals surface area contributed by atoms with Crippen molar-refractivity contribution in [2.24, 2.45) is 0 Å². The second-order valence-corrected chi connectivity index (χ2v) is 4.72. The van der Waals surface area contributed by atoms with E-state index in [2.05, 4.69) is 31.2 Å². The fourth-order valence-corrected chi connectivity index (χ4v) is 2.50. The quantitative estimate of drug-likeness (QED) is 0.681. The zero-order chi connectivity index (χ0) is 11.2. The summed E-state index contributed by atoms with van der Waals surface area (Å²) in [6, 6.07) is 8.86. The monoisotopic (exact) mass is 218 g/mol. The minimum Gasteiger partial charge on any atom is -0.381 e. The Kier molecular flexibility index (Phi) is 4.41. The number of benzene rings is 1. The summed E-state index contributed by atoms with van der Waals surface area (Å²) in [5.41, 5.74) is 3.07. The fraction of sp³-hybridized carbons (Fsp3) is 0.600. The summed E-state index contributed by atoms with van der Waals surface area (Å²) >= 11 is 0. The van der Waals surface area contributed by atoms with Crippen molar-refractivity contribution in [3.8, 4) is 0 Å². The van der Waals surface area contributed by atoms with Crippen molar-refractivity contribution in [3.05, 3.63) is 35.4 Å². The summed E-state index contributed by atoms with van der Waals surface area (Å²) in [5, 5.41) is 0. The zero-order valence-corrected chi connectivity index (χ0v) is 10.2. The molecule has 0 radical (unpaired) electrons. The van der Waals surface area contributed by atoms with Crippen LogP contribution in [0.15, 0.2) is 24.3 Å². The van der Waals surface area contributed by atoms with E-state index < -0.39 is 0 Å². The molecule has 0 saturated heterocycles. The van der Waals surface area contributed by atoms with Gasteiger partial charge in [0.15, 0.2) is 0 Å². The van der Waals surface area contributed by atoms with Crippen LogP contribution in [0, 0.1) is 0 Å². The molecular formula is C15H22O. The molecule has 1 aliphatic rings. The average Bonchev–Trinajstić information content (AvgIpc) is 2.35. The second-order valence-electron chi connectivity index (χ2n) is 4.72. The van der Waals surface area contributed by atoms with Crippen LogP contribution in [0.25, 0.3) is 0 Å².